The maximum absolute atomic E-state index is 9.19. The van der Waals surface area contributed by atoms with Crippen molar-refractivity contribution < 1.29 is 33.4 Å². The van der Waals surface area contributed by atoms with Gasteiger partial charge >= 0.3 is 0 Å². The minimum absolute atomic E-state index is 0. The number of rotatable bonds is 2. The van der Waals surface area contributed by atoms with Gasteiger partial charge in [-0.3, -0.25) is 4.55 Å². The number of benzene rings is 2. The van der Waals surface area contributed by atoms with Crippen LogP contribution in [0.5, 0.6) is 0 Å². The summed E-state index contributed by atoms with van der Waals surface area (Å²) in [6, 6.07) is 19.4. The van der Waals surface area contributed by atoms with Crippen LogP contribution in [0.25, 0.3) is 11.1 Å². The molecule has 0 bridgehead atoms. The summed E-state index contributed by atoms with van der Waals surface area (Å²) < 4.78 is 25.9. The van der Waals surface area contributed by atoms with Crippen molar-refractivity contribution in [1.82, 2.24) is 0 Å². The van der Waals surface area contributed by atoms with Crippen molar-refractivity contribution >= 4 is 15.8 Å². The van der Waals surface area contributed by atoms with Crippen LogP contribution in [-0.2, 0) is 30.5 Å². The van der Waals surface area contributed by atoms with Crippen LogP contribution >= 0.6 is 0 Å². The van der Waals surface area contributed by atoms with E-state index in [-0.39, 0.29) is 20.4 Å². The van der Waals surface area contributed by atoms with Gasteiger partial charge in [0.05, 0.1) is 6.26 Å². The first-order valence-corrected chi connectivity index (χ1v) is 7.43. The van der Waals surface area contributed by atoms with Gasteiger partial charge in [0.1, 0.15) is 0 Å². The molecule has 0 saturated carbocycles. The topological polar surface area (TPSA) is 66.4 Å². The van der Waals surface area contributed by atoms with E-state index in [0.717, 1.165) is 11.3 Å². The van der Waals surface area contributed by atoms with Crippen LogP contribution in [0.4, 0.5) is 5.69 Å². The van der Waals surface area contributed by atoms with Gasteiger partial charge in [0.15, 0.2) is 0 Å². The maximum Gasteiger partial charge on any atom is 0.261 e. The fourth-order valence-corrected chi connectivity index (χ4v) is 1.50. The summed E-state index contributed by atoms with van der Waals surface area (Å²) >= 11 is 0. The third-order valence-corrected chi connectivity index (χ3v) is 2.20. The van der Waals surface area contributed by atoms with E-state index in [0.29, 0.717) is 6.26 Å². The van der Waals surface area contributed by atoms with Crippen molar-refractivity contribution in [3.8, 4) is 11.1 Å². The molecule has 20 heavy (non-hydrogen) atoms. The van der Waals surface area contributed by atoms with Crippen molar-refractivity contribution in [1.29, 1.82) is 0 Å². The van der Waals surface area contributed by atoms with E-state index in [4.69, 9.17) is 4.55 Å². The predicted octanol–water partition coefficient (Wildman–Crippen LogP) is 2.70. The maximum atomic E-state index is 9.19. The Bertz CT molecular complexity index is 607. The molecule has 0 fully saturated rings. The molecule has 0 heterocycles. The fraction of sp³-hybridized carbons (Fsp3) is 0.143. The molecule has 2 aromatic rings. The van der Waals surface area contributed by atoms with E-state index in [9.17, 15) is 8.42 Å². The van der Waals surface area contributed by atoms with Crippen molar-refractivity contribution in [3.05, 3.63) is 54.6 Å². The normalized spacial score (nSPS) is 9.75. The quantitative estimate of drug-likeness (QED) is 0.474. The summed E-state index contributed by atoms with van der Waals surface area (Å²) in [5.41, 5.74) is 3.45. The standard InChI is InChI=1S/C13H12N.CH4O3S.Pd/c1-14-13-10-6-5-9-12(13)11-7-3-2-4-8-11;1-5(2,3)4;/h2-7,9-10,14H,1H3;1H3,(H,2,3,4);/q-1;;. The van der Waals surface area contributed by atoms with Crippen LogP contribution in [0, 0.1) is 6.07 Å². The first kappa shape index (κ1) is 18.8. The van der Waals surface area contributed by atoms with Gasteiger partial charge in [-0.1, -0.05) is 23.8 Å². The smallest absolute Gasteiger partial charge is 0.261 e. The first-order valence-electron chi connectivity index (χ1n) is 5.58. The molecule has 0 radical (unpaired) electrons. The number of anilines is 1. The third kappa shape index (κ3) is 7.41. The van der Waals surface area contributed by atoms with E-state index < -0.39 is 10.1 Å². The molecule has 0 spiro atoms. The van der Waals surface area contributed by atoms with E-state index in [1.54, 1.807) is 0 Å². The van der Waals surface area contributed by atoms with Crippen molar-refractivity contribution in [2.75, 3.05) is 18.6 Å². The van der Waals surface area contributed by atoms with Crippen LogP contribution in [0.3, 0.4) is 0 Å². The number of nitrogens with one attached hydrogen (secondary N) is 1. The molecule has 0 aliphatic heterocycles. The van der Waals surface area contributed by atoms with Crippen LogP contribution in [-0.4, -0.2) is 26.3 Å². The summed E-state index contributed by atoms with van der Waals surface area (Å²) in [4.78, 5) is 0. The van der Waals surface area contributed by atoms with Gasteiger partial charge in [0.2, 0.25) is 0 Å². The molecule has 2 aromatic carbocycles. The molecule has 112 valence electrons. The van der Waals surface area contributed by atoms with E-state index in [1.165, 1.54) is 5.56 Å². The predicted molar refractivity (Wildman–Crippen MR) is 77.7 cm³/mol. The number of hydrogen-bond donors (Lipinski definition) is 2. The molecule has 0 aliphatic rings. The summed E-state index contributed by atoms with van der Waals surface area (Å²) in [6.45, 7) is 0. The Hall–Kier alpha value is -1.19. The molecular weight excluding hydrogens is 369 g/mol. The van der Waals surface area contributed by atoms with Gasteiger partial charge in [-0.2, -0.15) is 8.42 Å². The molecule has 6 heteroatoms. The molecule has 0 aliphatic carbocycles. The van der Waals surface area contributed by atoms with Gasteiger partial charge in [0.25, 0.3) is 10.1 Å². The Labute approximate surface area is 133 Å². The summed E-state index contributed by atoms with van der Waals surface area (Å²) in [7, 11) is -1.73. The fourth-order valence-electron chi connectivity index (χ4n) is 1.50. The van der Waals surface area contributed by atoms with Crippen LogP contribution in [0.1, 0.15) is 0 Å². The zero-order valence-electron chi connectivity index (χ0n) is 11.1. The zero-order valence-corrected chi connectivity index (χ0v) is 13.5. The van der Waals surface area contributed by atoms with Gasteiger partial charge in [-0.05, 0) is 11.8 Å². The van der Waals surface area contributed by atoms with Crippen LogP contribution in [0.15, 0.2) is 48.5 Å². The second-order valence-corrected chi connectivity index (χ2v) is 5.27. The Morgan fingerprint density at radius 1 is 1.10 bits per heavy atom. The summed E-state index contributed by atoms with van der Waals surface area (Å²) in [5.74, 6) is 0. The second kappa shape index (κ2) is 8.88. The zero-order chi connectivity index (χ0) is 14.3. The minimum atomic E-state index is -3.67. The first-order chi connectivity index (χ1) is 8.92. The van der Waals surface area contributed by atoms with E-state index in [2.05, 4.69) is 29.6 Å². The van der Waals surface area contributed by atoms with E-state index in [1.807, 2.05) is 37.4 Å². The number of para-hydroxylation sites is 1. The second-order valence-electron chi connectivity index (χ2n) is 3.80. The van der Waals surface area contributed by atoms with Crippen molar-refractivity contribution in [2.45, 2.75) is 0 Å². The molecule has 0 atom stereocenters. The van der Waals surface area contributed by atoms with Gasteiger partial charge in [-0.15, -0.1) is 35.9 Å². The molecule has 0 unspecified atom stereocenters. The molecule has 4 nitrogen and oxygen atoms in total. The van der Waals surface area contributed by atoms with Gasteiger partial charge < -0.3 is 5.32 Å². The minimum Gasteiger partial charge on any atom is -0.395 e. The Kier molecular flexibility index (Phi) is 8.35. The van der Waals surface area contributed by atoms with Crippen molar-refractivity contribution in [2.24, 2.45) is 0 Å². The summed E-state index contributed by atoms with van der Waals surface area (Å²) in [5, 5.41) is 3.17. The Morgan fingerprint density at radius 3 is 2.15 bits per heavy atom. The largest absolute Gasteiger partial charge is 0.395 e. The molecule has 2 rings (SSSR count). The Morgan fingerprint density at radius 2 is 1.65 bits per heavy atom. The Balaban J connectivity index is 0.000000526. The molecule has 0 aromatic heterocycles. The molecular formula is C14H16NO3PdS-. The summed E-state index contributed by atoms with van der Waals surface area (Å²) in [6.07, 6.45) is 0.715. The molecule has 0 amide bonds. The monoisotopic (exact) mass is 384 g/mol. The third-order valence-electron chi connectivity index (χ3n) is 2.20. The van der Waals surface area contributed by atoms with Crippen LogP contribution < -0.4 is 5.32 Å². The molecule has 2 N–H and O–H groups in total. The van der Waals surface area contributed by atoms with Gasteiger partial charge in [-0.25, -0.2) is 0 Å². The molecule has 0 saturated heterocycles. The SMILES string of the molecule is CNc1ccccc1-c1[c-]cccc1.CS(=O)(=O)O.[Pd]. The number of hydrogen-bond acceptors (Lipinski definition) is 3. The average Bonchev–Trinajstić information content (AvgIpc) is 2.38. The average molecular weight is 385 g/mol. The van der Waals surface area contributed by atoms with Crippen LogP contribution in [0.2, 0.25) is 0 Å². The van der Waals surface area contributed by atoms with Crippen molar-refractivity contribution in [3.63, 3.8) is 0 Å². The van der Waals surface area contributed by atoms with Gasteiger partial charge in [0, 0.05) is 27.5 Å². The van der Waals surface area contributed by atoms with E-state index >= 15 is 0 Å².